The molecule has 0 aliphatic heterocycles. The van der Waals surface area contributed by atoms with Gasteiger partial charge in [0.05, 0.1) is 17.0 Å². The first-order chi connectivity index (χ1) is 9.69. The highest BCUT2D eigenvalue weighted by Gasteiger charge is 2.31. The number of rotatable bonds is 6. The lowest BCUT2D eigenvalue weighted by molar-refractivity contribution is 0.310. The Bertz CT molecular complexity index is 470. The topological polar surface area (TPSA) is 58.6 Å². The highest BCUT2D eigenvalue weighted by Crippen LogP contribution is 2.33. The van der Waals surface area contributed by atoms with E-state index in [1.807, 2.05) is 11.8 Å². The first kappa shape index (κ1) is 15.4. The van der Waals surface area contributed by atoms with E-state index in [1.54, 1.807) is 0 Å². The monoisotopic (exact) mass is 296 g/mol. The molecule has 112 valence electrons. The second kappa shape index (κ2) is 7.16. The van der Waals surface area contributed by atoms with Gasteiger partial charge in [-0.05, 0) is 30.9 Å². The van der Waals surface area contributed by atoms with Crippen LogP contribution in [0.3, 0.4) is 0 Å². The first-order valence-corrected chi connectivity index (χ1v) is 8.54. The van der Waals surface area contributed by atoms with E-state index in [4.69, 9.17) is 4.52 Å². The number of hydrogen-bond donors (Lipinski definition) is 1. The number of oxime groups is 1. The van der Waals surface area contributed by atoms with Gasteiger partial charge in [0.1, 0.15) is 5.76 Å². The highest BCUT2D eigenvalue weighted by molar-refractivity contribution is 7.99. The summed E-state index contributed by atoms with van der Waals surface area (Å²) in [6.45, 7) is 6.57. The smallest absolute Gasteiger partial charge is 0.146 e. The van der Waals surface area contributed by atoms with Gasteiger partial charge in [-0.1, -0.05) is 37.5 Å². The Morgan fingerprint density at radius 1 is 1.45 bits per heavy atom. The SMILES string of the molecule is CCCc1noc2c1/C(=N\O)C[C@H](C[C@H](C)SCC)C2. The number of fused-ring (bicyclic) bond motifs is 1. The number of nitrogens with zero attached hydrogens (tertiary/aromatic N) is 2. The largest absolute Gasteiger partial charge is 0.411 e. The normalized spacial score (nSPS) is 21.9. The van der Waals surface area contributed by atoms with Crippen molar-refractivity contribution in [3.63, 3.8) is 0 Å². The molecule has 1 heterocycles. The molecule has 20 heavy (non-hydrogen) atoms. The van der Waals surface area contributed by atoms with Crippen LogP contribution in [-0.2, 0) is 12.8 Å². The van der Waals surface area contributed by atoms with Crippen molar-refractivity contribution in [1.82, 2.24) is 5.16 Å². The van der Waals surface area contributed by atoms with E-state index in [0.717, 1.165) is 60.6 Å². The molecule has 0 saturated carbocycles. The van der Waals surface area contributed by atoms with E-state index in [0.29, 0.717) is 11.2 Å². The lowest BCUT2D eigenvalue weighted by Gasteiger charge is -2.24. The molecule has 0 aromatic carbocycles. The Morgan fingerprint density at radius 2 is 2.25 bits per heavy atom. The third-order valence-corrected chi connectivity index (χ3v) is 4.90. The van der Waals surface area contributed by atoms with Crippen LogP contribution in [0.15, 0.2) is 9.68 Å². The average Bonchev–Trinajstić information content (AvgIpc) is 2.82. The summed E-state index contributed by atoms with van der Waals surface area (Å²) in [4.78, 5) is 0. The molecule has 2 rings (SSSR count). The molecule has 0 radical (unpaired) electrons. The quantitative estimate of drug-likeness (QED) is 0.639. The van der Waals surface area contributed by atoms with Crippen LogP contribution in [-0.4, -0.2) is 27.1 Å². The summed E-state index contributed by atoms with van der Waals surface area (Å²) < 4.78 is 5.49. The van der Waals surface area contributed by atoms with Crippen LogP contribution in [0.5, 0.6) is 0 Å². The molecule has 1 aliphatic rings. The minimum Gasteiger partial charge on any atom is -0.411 e. The fourth-order valence-corrected chi connectivity index (χ4v) is 4.00. The first-order valence-electron chi connectivity index (χ1n) is 7.49. The van der Waals surface area contributed by atoms with Gasteiger partial charge < -0.3 is 9.73 Å². The summed E-state index contributed by atoms with van der Waals surface area (Å²) in [5.41, 5.74) is 2.68. The molecular formula is C15H24N2O2S. The van der Waals surface area contributed by atoms with Crippen LogP contribution in [0.4, 0.5) is 0 Å². The number of thioether (sulfide) groups is 1. The summed E-state index contributed by atoms with van der Waals surface area (Å²) >= 11 is 1.98. The van der Waals surface area contributed by atoms with Crippen molar-refractivity contribution in [2.24, 2.45) is 11.1 Å². The van der Waals surface area contributed by atoms with E-state index >= 15 is 0 Å². The van der Waals surface area contributed by atoms with Crippen molar-refractivity contribution in [2.75, 3.05) is 5.75 Å². The van der Waals surface area contributed by atoms with Gasteiger partial charge in [-0.15, -0.1) is 0 Å². The van der Waals surface area contributed by atoms with Crippen molar-refractivity contribution in [2.45, 2.75) is 58.1 Å². The minimum atomic E-state index is 0.491. The Balaban J connectivity index is 2.14. The zero-order chi connectivity index (χ0) is 14.5. The van der Waals surface area contributed by atoms with Gasteiger partial charge >= 0.3 is 0 Å². The second-order valence-electron chi connectivity index (χ2n) is 5.50. The van der Waals surface area contributed by atoms with Gasteiger partial charge in [0.2, 0.25) is 0 Å². The van der Waals surface area contributed by atoms with Crippen LogP contribution in [0, 0.1) is 5.92 Å². The Kier molecular flexibility index (Phi) is 5.52. The van der Waals surface area contributed by atoms with Crippen molar-refractivity contribution in [1.29, 1.82) is 0 Å². The van der Waals surface area contributed by atoms with Crippen molar-refractivity contribution < 1.29 is 9.73 Å². The standard InChI is InChI=1S/C15H24N2O2S/c1-4-6-12-15-13(16-18)8-11(7-10(3)20-5-2)9-14(15)19-17-12/h10-11,18H,4-9H2,1-3H3/b16-13-/t10-,11-/m0/s1. The highest BCUT2D eigenvalue weighted by atomic mass is 32.2. The molecule has 4 nitrogen and oxygen atoms in total. The summed E-state index contributed by atoms with van der Waals surface area (Å²) in [5, 5.41) is 17.6. The molecule has 0 bridgehead atoms. The minimum absolute atomic E-state index is 0.491. The third kappa shape index (κ3) is 3.37. The molecule has 1 aliphatic carbocycles. The third-order valence-electron chi connectivity index (χ3n) is 3.80. The summed E-state index contributed by atoms with van der Waals surface area (Å²) in [6.07, 6.45) is 4.77. The summed E-state index contributed by atoms with van der Waals surface area (Å²) in [7, 11) is 0. The van der Waals surface area contributed by atoms with Crippen molar-refractivity contribution in [3.05, 3.63) is 17.0 Å². The molecule has 0 amide bonds. The van der Waals surface area contributed by atoms with Gasteiger partial charge in [0.15, 0.2) is 0 Å². The molecule has 2 atom stereocenters. The summed E-state index contributed by atoms with van der Waals surface area (Å²) in [6, 6.07) is 0. The van der Waals surface area contributed by atoms with Crippen LogP contribution in [0.1, 0.15) is 57.1 Å². The predicted octanol–water partition coefficient (Wildman–Crippen LogP) is 3.90. The number of aromatic nitrogens is 1. The molecular weight excluding hydrogens is 272 g/mol. The molecule has 0 unspecified atom stereocenters. The fraction of sp³-hybridized carbons (Fsp3) is 0.733. The van der Waals surface area contributed by atoms with Crippen LogP contribution in [0.25, 0.3) is 0 Å². The zero-order valence-electron chi connectivity index (χ0n) is 12.6. The van der Waals surface area contributed by atoms with E-state index < -0.39 is 0 Å². The average molecular weight is 296 g/mol. The van der Waals surface area contributed by atoms with E-state index in [2.05, 4.69) is 31.1 Å². The molecule has 0 fully saturated rings. The molecule has 1 aromatic rings. The molecule has 0 spiro atoms. The number of aryl methyl sites for hydroxylation is 1. The lowest BCUT2D eigenvalue weighted by Crippen LogP contribution is -2.23. The Morgan fingerprint density at radius 3 is 2.90 bits per heavy atom. The lowest BCUT2D eigenvalue weighted by atomic mass is 9.83. The maximum Gasteiger partial charge on any atom is 0.146 e. The second-order valence-corrected chi connectivity index (χ2v) is 7.22. The van der Waals surface area contributed by atoms with Gasteiger partial charge in [-0.2, -0.15) is 11.8 Å². The Labute approximate surface area is 125 Å². The Hall–Kier alpha value is -0.970. The maximum atomic E-state index is 9.32. The van der Waals surface area contributed by atoms with E-state index in [-0.39, 0.29) is 0 Å². The maximum absolute atomic E-state index is 9.32. The fourth-order valence-electron chi connectivity index (χ4n) is 3.03. The zero-order valence-corrected chi connectivity index (χ0v) is 13.4. The van der Waals surface area contributed by atoms with Gasteiger partial charge in [0, 0.05) is 11.7 Å². The van der Waals surface area contributed by atoms with Gasteiger partial charge in [-0.25, -0.2) is 0 Å². The van der Waals surface area contributed by atoms with Crippen LogP contribution < -0.4 is 0 Å². The van der Waals surface area contributed by atoms with E-state index in [1.165, 1.54) is 0 Å². The molecule has 1 N–H and O–H groups in total. The molecule has 1 aromatic heterocycles. The van der Waals surface area contributed by atoms with Gasteiger partial charge in [-0.3, -0.25) is 0 Å². The molecule has 0 saturated heterocycles. The van der Waals surface area contributed by atoms with Crippen LogP contribution in [0.2, 0.25) is 0 Å². The number of hydrogen-bond acceptors (Lipinski definition) is 5. The van der Waals surface area contributed by atoms with E-state index in [9.17, 15) is 5.21 Å². The van der Waals surface area contributed by atoms with Crippen molar-refractivity contribution in [3.8, 4) is 0 Å². The summed E-state index contributed by atoms with van der Waals surface area (Å²) in [5.74, 6) is 2.54. The van der Waals surface area contributed by atoms with Crippen molar-refractivity contribution >= 4 is 17.5 Å². The molecule has 5 heteroatoms. The predicted molar refractivity (Wildman–Crippen MR) is 82.8 cm³/mol. The van der Waals surface area contributed by atoms with Gasteiger partial charge in [0.25, 0.3) is 0 Å². The van der Waals surface area contributed by atoms with Crippen LogP contribution >= 0.6 is 11.8 Å².